The molecule has 2 heterocycles. The highest BCUT2D eigenvalue weighted by molar-refractivity contribution is 5.58. The first-order valence-corrected chi connectivity index (χ1v) is 2.88. The van der Waals surface area contributed by atoms with Gasteiger partial charge in [0.25, 0.3) is 0 Å². The predicted molar refractivity (Wildman–Crippen MR) is 30.9 cm³/mol. The van der Waals surface area contributed by atoms with Gasteiger partial charge in [0.05, 0.1) is 6.26 Å². The van der Waals surface area contributed by atoms with Crippen LogP contribution in [-0.2, 0) is 9.57 Å². The largest absolute Gasteiger partial charge is 0.493 e. The number of hydrogen-bond donors (Lipinski definition) is 0. The molecule has 0 bridgehead atoms. The zero-order chi connectivity index (χ0) is 6.10. The van der Waals surface area contributed by atoms with Crippen LogP contribution in [0.3, 0.4) is 0 Å². The Morgan fingerprint density at radius 2 is 2.67 bits per heavy atom. The van der Waals surface area contributed by atoms with Crippen molar-refractivity contribution in [2.24, 2.45) is 5.16 Å². The van der Waals surface area contributed by atoms with Crippen molar-refractivity contribution in [2.75, 3.05) is 0 Å². The lowest BCUT2D eigenvalue weighted by molar-refractivity contribution is -0.000282. The van der Waals surface area contributed by atoms with E-state index in [0.717, 1.165) is 6.42 Å². The van der Waals surface area contributed by atoms with Gasteiger partial charge in [-0.1, -0.05) is 5.16 Å². The molecule has 0 fully saturated rings. The van der Waals surface area contributed by atoms with Crippen molar-refractivity contribution in [1.29, 1.82) is 0 Å². The Hall–Kier alpha value is -0.990. The van der Waals surface area contributed by atoms with Crippen molar-refractivity contribution in [2.45, 2.75) is 18.6 Å². The summed E-state index contributed by atoms with van der Waals surface area (Å²) >= 11 is 0. The molecular weight excluding hydrogens is 118 g/mol. The standard InChI is InChI=1S/C6H6NO2/c1-3-7-9-6-2-4-8-5(1)6/h2,4-6H,1H2. The van der Waals surface area contributed by atoms with Gasteiger partial charge in [-0.3, -0.25) is 0 Å². The molecule has 2 atom stereocenters. The fourth-order valence-electron chi connectivity index (χ4n) is 0.918. The molecule has 2 aliphatic rings. The molecule has 0 N–H and O–H groups in total. The van der Waals surface area contributed by atoms with E-state index in [9.17, 15) is 0 Å². The van der Waals surface area contributed by atoms with Gasteiger partial charge in [-0.05, 0) is 6.08 Å². The molecule has 0 aromatic heterocycles. The van der Waals surface area contributed by atoms with E-state index in [-0.39, 0.29) is 12.2 Å². The van der Waals surface area contributed by atoms with E-state index in [1.54, 1.807) is 6.26 Å². The molecule has 3 heteroatoms. The second-order valence-electron chi connectivity index (χ2n) is 2.03. The topological polar surface area (TPSA) is 30.8 Å². The summed E-state index contributed by atoms with van der Waals surface area (Å²) in [4.78, 5) is 4.90. The quantitative estimate of drug-likeness (QED) is 0.472. The summed E-state index contributed by atoms with van der Waals surface area (Å²) < 4.78 is 5.13. The summed E-state index contributed by atoms with van der Waals surface area (Å²) in [5, 5.41) is 3.54. The van der Waals surface area contributed by atoms with Crippen molar-refractivity contribution >= 4 is 6.21 Å². The van der Waals surface area contributed by atoms with E-state index < -0.39 is 0 Å². The van der Waals surface area contributed by atoms with Gasteiger partial charge in [0, 0.05) is 6.42 Å². The molecule has 2 unspecified atom stereocenters. The molecule has 0 saturated heterocycles. The van der Waals surface area contributed by atoms with Gasteiger partial charge in [-0.25, -0.2) is 0 Å². The van der Waals surface area contributed by atoms with Gasteiger partial charge in [0.2, 0.25) is 0 Å². The van der Waals surface area contributed by atoms with Crippen molar-refractivity contribution in [3.05, 3.63) is 12.3 Å². The first-order valence-electron chi connectivity index (χ1n) is 2.88. The van der Waals surface area contributed by atoms with E-state index in [1.807, 2.05) is 6.08 Å². The molecular formula is C6H6NO2. The maximum atomic E-state index is 5.13. The highest BCUT2D eigenvalue weighted by Gasteiger charge is 2.28. The molecule has 0 aromatic carbocycles. The van der Waals surface area contributed by atoms with Crippen LogP contribution < -0.4 is 0 Å². The molecule has 2 rings (SSSR count). The van der Waals surface area contributed by atoms with Gasteiger partial charge < -0.3 is 9.57 Å². The predicted octanol–water partition coefficient (Wildman–Crippen LogP) is 0.551. The molecule has 2 aliphatic heterocycles. The lowest BCUT2D eigenvalue weighted by Gasteiger charge is -2.17. The summed E-state index contributed by atoms with van der Waals surface area (Å²) in [6.07, 6.45) is 7.10. The maximum Gasteiger partial charge on any atom is 0.185 e. The second-order valence-corrected chi connectivity index (χ2v) is 2.03. The third-order valence-corrected chi connectivity index (χ3v) is 1.42. The van der Waals surface area contributed by atoms with E-state index in [4.69, 9.17) is 9.57 Å². The monoisotopic (exact) mass is 124 g/mol. The fourth-order valence-corrected chi connectivity index (χ4v) is 0.918. The highest BCUT2D eigenvalue weighted by Crippen LogP contribution is 2.18. The molecule has 0 aromatic rings. The number of rotatable bonds is 0. The van der Waals surface area contributed by atoms with Gasteiger partial charge in [-0.2, -0.15) is 0 Å². The maximum absolute atomic E-state index is 5.13. The summed E-state index contributed by atoms with van der Waals surface area (Å²) in [7, 11) is 0. The van der Waals surface area contributed by atoms with Crippen molar-refractivity contribution in [1.82, 2.24) is 0 Å². The lowest BCUT2D eigenvalue weighted by Crippen LogP contribution is -2.26. The van der Waals surface area contributed by atoms with Crippen LogP contribution >= 0.6 is 0 Å². The Bertz CT molecular complexity index is 164. The first-order chi connectivity index (χ1) is 4.47. The number of nitrogens with zero attached hydrogens (tertiary/aromatic N) is 1. The Balaban J connectivity index is 2.13. The van der Waals surface area contributed by atoms with Crippen LogP contribution in [0.25, 0.3) is 0 Å². The minimum absolute atomic E-state index is 0.0336. The highest BCUT2D eigenvalue weighted by atomic mass is 16.7. The van der Waals surface area contributed by atoms with E-state index in [0.29, 0.717) is 0 Å². The van der Waals surface area contributed by atoms with Gasteiger partial charge in [-0.15, -0.1) is 0 Å². The molecule has 0 spiro atoms. The first kappa shape index (κ1) is 4.85. The zero-order valence-corrected chi connectivity index (χ0v) is 4.78. The van der Waals surface area contributed by atoms with Crippen LogP contribution in [0.2, 0.25) is 0 Å². The number of hydrogen-bond acceptors (Lipinski definition) is 3. The third kappa shape index (κ3) is 0.686. The third-order valence-electron chi connectivity index (χ3n) is 1.42. The van der Waals surface area contributed by atoms with Crippen LogP contribution in [0.5, 0.6) is 0 Å². The van der Waals surface area contributed by atoms with E-state index in [1.165, 1.54) is 0 Å². The smallest absolute Gasteiger partial charge is 0.185 e. The van der Waals surface area contributed by atoms with Crippen LogP contribution in [0.1, 0.15) is 6.42 Å². The van der Waals surface area contributed by atoms with Crippen LogP contribution in [0.4, 0.5) is 0 Å². The summed E-state index contributed by atoms with van der Waals surface area (Å²) in [6, 6.07) is 0. The SMILES string of the molecule is [C]1=NOC2C=COC2C1. The summed E-state index contributed by atoms with van der Waals surface area (Å²) in [6.45, 7) is 0. The number of ether oxygens (including phenoxy) is 1. The Morgan fingerprint density at radius 3 is 3.56 bits per heavy atom. The van der Waals surface area contributed by atoms with Gasteiger partial charge in [0.1, 0.15) is 12.3 Å². The minimum Gasteiger partial charge on any atom is -0.493 e. The Labute approximate surface area is 52.9 Å². The molecule has 1 radical (unpaired) electrons. The van der Waals surface area contributed by atoms with Crippen LogP contribution in [-0.4, -0.2) is 18.4 Å². The molecule has 3 nitrogen and oxygen atoms in total. The Morgan fingerprint density at radius 1 is 1.67 bits per heavy atom. The normalized spacial score (nSPS) is 37.3. The molecule has 0 aliphatic carbocycles. The van der Waals surface area contributed by atoms with Gasteiger partial charge >= 0.3 is 0 Å². The minimum atomic E-state index is 0.0336. The van der Waals surface area contributed by atoms with Crippen LogP contribution in [0, 0.1) is 0 Å². The van der Waals surface area contributed by atoms with E-state index >= 15 is 0 Å². The van der Waals surface area contributed by atoms with Crippen molar-refractivity contribution in [3.8, 4) is 0 Å². The fraction of sp³-hybridized carbons (Fsp3) is 0.500. The van der Waals surface area contributed by atoms with E-state index in [2.05, 4.69) is 11.4 Å². The van der Waals surface area contributed by atoms with Crippen molar-refractivity contribution < 1.29 is 9.57 Å². The lowest BCUT2D eigenvalue weighted by atomic mass is 10.1. The van der Waals surface area contributed by atoms with Gasteiger partial charge in [0.15, 0.2) is 6.10 Å². The van der Waals surface area contributed by atoms with Crippen LogP contribution in [0.15, 0.2) is 17.5 Å². The summed E-state index contributed by atoms with van der Waals surface area (Å²) in [5.74, 6) is 0. The zero-order valence-electron chi connectivity index (χ0n) is 4.78. The average Bonchev–Trinajstić information content (AvgIpc) is 2.33. The second kappa shape index (κ2) is 1.76. The molecule has 0 saturated carbocycles. The number of fused-ring (bicyclic) bond motifs is 1. The summed E-state index contributed by atoms with van der Waals surface area (Å²) in [5.41, 5.74) is 0. The molecule has 9 heavy (non-hydrogen) atoms. The molecule has 0 amide bonds. The Kier molecular flexibility index (Phi) is 0.946. The van der Waals surface area contributed by atoms with Crippen molar-refractivity contribution in [3.63, 3.8) is 0 Å². The molecule has 47 valence electrons. The average molecular weight is 124 g/mol.